The molecule has 3 rings (SSSR count). The molecule has 0 aliphatic rings. The van der Waals surface area contributed by atoms with Crippen LogP contribution in [-0.2, 0) is 13.2 Å². The SMILES string of the molecule is Cc1ccccc1-n1cnn(CN(C)Cc2ccccc2)c1=S. The Balaban J connectivity index is 1.78. The molecule has 0 atom stereocenters. The average Bonchev–Trinajstić information content (AvgIpc) is 2.90. The summed E-state index contributed by atoms with van der Waals surface area (Å²) in [7, 11) is 2.07. The van der Waals surface area contributed by atoms with Gasteiger partial charge in [0.1, 0.15) is 6.33 Å². The van der Waals surface area contributed by atoms with Crippen LogP contribution in [0.15, 0.2) is 60.9 Å². The van der Waals surface area contributed by atoms with Gasteiger partial charge in [-0.3, -0.25) is 9.47 Å². The van der Waals surface area contributed by atoms with Crippen LogP contribution in [0.5, 0.6) is 0 Å². The maximum Gasteiger partial charge on any atom is 0.203 e. The highest BCUT2D eigenvalue weighted by Gasteiger charge is 2.08. The second-order valence-corrected chi connectivity index (χ2v) is 6.08. The molecule has 0 amide bonds. The molecular weight excluding hydrogens is 304 g/mol. The highest BCUT2D eigenvalue weighted by atomic mass is 32.1. The largest absolute Gasteiger partial charge is 0.283 e. The van der Waals surface area contributed by atoms with Crippen molar-refractivity contribution in [2.24, 2.45) is 0 Å². The van der Waals surface area contributed by atoms with Crippen molar-refractivity contribution in [1.29, 1.82) is 0 Å². The van der Waals surface area contributed by atoms with Crippen molar-refractivity contribution in [3.63, 3.8) is 0 Å². The molecule has 0 radical (unpaired) electrons. The standard InChI is InChI=1S/C18H20N4S/c1-15-8-6-7-11-17(15)21-13-19-22(18(21)23)14-20(2)12-16-9-4-3-5-10-16/h3-11,13H,12,14H2,1-2H3. The van der Waals surface area contributed by atoms with Gasteiger partial charge in [-0.25, -0.2) is 4.68 Å². The number of benzene rings is 2. The molecule has 0 aliphatic carbocycles. The third kappa shape index (κ3) is 3.57. The van der Waals surface area contributed by atoms with Crippen LogP contribution in [0.1, 0.15) is 11.1 Å². The van der Waals surface area contributed by atoms with E-state index in [1.54, 1.807) is 6.33 Å². The smallest absolute Gasteiger partial charge is 0.203 e. The molecule has 0 spiro atoms. The number of nitrogens with zero attached hydrogens (tertiary/aromatic N) is 4. The Kier molecular flexibility index (Phi) is 4.69. The Bertz CT molecular complexity index is 835. The number of rotatable bonds is 5. The summed E-state index contributed by atoms with van der Waals surface area (Å²) in [6, 6.07) is 18.6. The van der Waals surface area contributed by atoms with Crippen molar-refractivity contribution in [3.8, 4) is 5.69 Å². The molecular formula is C18H20N4S. The van der Waals surface area contributed by atoms with Crippen molar-refractivity contribution in [2.75, 3.05) is 7.05 Å². The number of hydrogen-bond donors (Lipinski definition) is 0. The topological polar surface area (TPSA) is 26.0 Å². The van der Waals surface area contributed by atoms with Crippen LogP contribution < -0.4 is 0 Å². The third-order valence-corrected chi connectivity index (χ3v) is 4.19. The molecule has 0 bridgehead atoms. The molecule has 0 unspecified atom stereocenters. The van der Waals surface area contributed by atoms with Gasteiger partial charge >= 0.3 is 0 Å². The van der Waals surface area contributed by atoms with Crippen molar-refractivity contribution in [2.45, 2.75) is 20.1 Å². The maximum atomic E-state index is 5.59. The lowest BCUT2D eigenvalue weighted by molar-refractivity contribution is 0.244. The molecule has 0 saturated carbocycles. The Hall–Kier alpha value is -2.24. The van der Waals surface area contributed by atoms with Crippen LogP contribution in [0.25, 0.3) is 5.69 Å². The fraction of sp³-hybridized carbons (Fsp3) is 0.222. The first-order valence-corrected chi connectivity index (χ1v) is 7.99. The first-order valence-electron chi connectivity index (χ1n) is 7.58. The summed E-state index contributed by atoms with van der Waals surface area (Å²) in [6.45, 7) is 3.60. The van der Waals surface area contributed by atoms with Crippen LogP contribution in [0.3, 0.4) is 0 Å². The predicted molar refractivity (Wildman–Crippen MR) is 95.0 cm³/mol. The van der Waals surface area contributed by atoms with Gasteiger partial charge in [0.05, 0.1) is 12.4 Å². The minimum atomic E-state index is 0.659. The van der Waals surface area contributed by atoms with Gasteiger partial charge in [0.25, 0.3) is 0 Å². The third-order valence-electron chi connectivity index (χ3n) is 3.78. The lowest BCUT2D eigenvalue weighted by Gasteiger charge is -2.16. The van der Waals surface area contributed by atoms with Gasteiger partial charge < -0.3 is 0 Å². The van der Waals surface area contributed by atoms with Crippen LogP contribution in [0, 0.1) is 11.7 Å². The predicted octanol–water partition coefficient (Wildman–Crippen LogP) is 3.80. The van der Waals surface area contributed by atoms with E-state index >= 15 is 0 Å². The quantitative estimate of drug-likeness (QED) is 0.668. The lowest BCUT2D eigenvalue weighted by Crippen LogP contribution is -2.22. The van der Waals surface area contributed by atoms with Gasteiger partial charge in [-0.1, -0.05) is 48.5 Å². The van der Waals surface area contributed by atoms with Gasteiger partial charge in [0.15, 0.2) is 0 Å². The van der Waals surface area contributed by atoms with E-state index in [9.17, 15) is 0 Å². The van der Waals surface area contributed by atoms with Crippen molar-refractivity contribution < 1.29 is 0 Å². The van der Waals surface area contributed by atoms with Crippen LogP contribution in [0.4, 0.5) is 0 Å². The second-order valence-electron chi connectivity index (χ2n) is 5.71. The monoisotopic (exact) mass is 324 g/mol. The minimum Gasteiger partial charge on any atom is -0.283 e. The van der Waals surface area contributed by atoms with E-state index in [2.05, 4.69) is 60.4 Å². The van der Waals surface area contributed by atoms with Gasteiger partial charge in [0, 0.05) is 6.54 Å². The molecule has 1 aromatic heterocycles. The number of para-hydroxylation sites is 1. The summed E-state index contributed by atoms with van der Waals surface area (Å²) >= 11 is 5.59. The molecule has 23 heavy (non-hydrogen) atoms. The Morgan fingerprint density at radius 1 is 1.04 bits per heavy atom. The van der Waals surface area contributed by atoms with Gasteiger partial charge in [-0.2, -0.15) is 5.10 Å². The summed E-state index contributed by atoms with van der Waals surface area (Å²) < 4.78 is 4.52. The van der Waals surface area contributed by atoms with E-state index in [1.807, 2.05) is 27.4 Å². The van der Waals surface area contributed by atoms with Crippen molar-refractivity contribution in [3.05, 3.63) is 76.8 Å². The van der Waals surface area contributed by atoms with E-state index in [0.29, 0.717) is 11.4 Å². The van der Waals surface area contributed by atoms with Gasteiger partial charge in [-0.15, -0.1) is 0 Å². The summed E-state index contributed by atoms with van der Waals surface area (Å²) in [5.41, 5.74) is 3.54. The summed E-state index contributed by atoms with van der Waals surface area (Å²) in [4.78, 5) is 2.19. The zero-order valence-electron chi connectivity index (χ0n) is 13.4. The molecule has 2 aromatic carbocycles. The molecule has 4 nitrogen and oxygen atoms in total. The molecule has 0 saturated heterocycles. The molecule has 0 N–H and O–H groups in total. The summed E-state index contributed by atoms with van der Waals surface area (Å²) in [5, 5.41) is 4.45. The summed E-state index contributed by atoms with van der Waals surface area (Å²) in [5.74, 6) is 0. The van der Waals surface area contributed by atoms with Crippen molar-refractivity contribution in [1.82, 2.24) is 19.2 Å². The molecule has 3 aromatic rings. The van der Waals surface area contributed by atoms with E-state index < -0.39 is 0 Å². The van der Waals surface area contributed by atoms with Gasteiger partial charge in [0.2, 0.25) is 4.77 Å². The summed E-state index contributed by atoms with van der Waals surface area (Å²) in [6.07, 6.45) is 1.79. The van der Waals surface area contributed by atoms with E-state index in [0.717, 1.165) is 12.2 Å². The Morgan fingerprint density at radius 3 is 2.48 bits per heavy atom. The fourth-order valence-electron chi connectivity index (χ4n) is 2.61. The number of aromatic nitrogens is 3. The first-order chi connectivity index (χ1) is 11.1. The molecule has 118 valence electrons. The Labute approximate surface area is 141 Å². The van der Waals surface area contributed by atoms with Crippen LogP contribution in [-0.4, -0.2) is 26.3 Å². The molecule has 0 aliphatic heterocycles. The normalized spacial score (nSPS) is 11.1. The zero-order valence-corrected chi connectivity index (χ0v) is 14.2. The lowest BCUT2D eigenvalue weighted by atomic mass is 10.2. The first kappa shape index (κ1) is 15.6. The Morgan fingerprint density at radius 2 is 1.74 bits per heavy atom. The number of aryl methyl sites for hydroxylation is 1. The zero-order chi connectivity index (χ0) is 16.2. The highest BCUT2D eigenvalue weighted by Crippen LogP contribution is 2.14. The fourth-order valence-corrected chi connectivity index (χ4v) is 2.86. The maximum absolute atomic E-state index is 5.59. The number of hydrogen-bond acceptors (Lipinski definition) is 3. The van der Waals surface area contributed by atoms with E-state index in [-0.39, 0.29) is 0 Å². The van der Waals surface area contributed by atoms with Gasteiger partial charge in [-0.05, 0) is 43.4 Å². The average molecular weight is 324 g/mol. The molecule has 1 heterocycles. The molecule has 0 fully saturated rings. The second kappa shape index (κ2) is 6.89. The van der Waals surface area contributed by atoms with Crippen LogP contribution >= 0.6 is 12.2 Å². The van der Waals surface area contributed by atoms with E-state index in [1.165, 1.54) is 11.1 Å². The highest BCUT2D eigenvalue weighted by molar-refractivity contribution is 7.71. The van der Waals surface area contributed by atoms with Crippen molar-refractivity contribution >= 4 is 12.2 Å². The van der Waals surface area contributed by atoms with Crippen LogP contribution in [0.2, 0.25) is 0 Å². The molecule has 5 heteroatoms. The minimum absolute atomic E-state index is 0.659. The van der Waals surface area contributed by atoms with E-state index in [4.69, 9.17) is 12.2 Å².